The third-order valence-corrected chi connectivity index (χ3v) is 14.0. The van der Waals surface area contributed by atoms with Crippen molar-refractivity contribution in [1.82, 2.24) is 0 Å². The van der Waals surface area contributed by atoms with Gasteiger partial charge in [-0.15, -0.1) is 22.7 Å². The molecule has 0 saturated heterocycles. The molecule has 56 heavy (non-hydrogen) atoms. The molecule has 0 amide bonds. The first-order valence-corrected chi connectivity index (χ1v) is 22.6. The average molecular weight is 765 g/mol. The molecule has 0 spiro atoms. The van der Waals surface area contributed by atoms with Gasteiger partial charge in [0.1, 0.15) is 0 Å². The van der Waals surface area contributed by atoms with Gasteiger partial charge in [-0.2, -0.15) is 0 Å². The lowest BCUT2D eigenvalue weighted by Gasteiger charge is -2.24. The number of fused-ring (bicyclic) bond motifs is 6. The molecule has 2 aromatic heterocycles. The Morgan fingerprint density at radius 3 is 1.80 bits per heavy atom. The zero-order valence-electron chi connectivity index (χ0n) is 33.2. The van der Waals surface area contributed by atoms with Crippen molar-refractivity contribution < 1.29 is 0 Å². The third-order valence-electron chi connectivity index (χ3n) is 11.9. The average Bonchev–Trinajstić information content (AvgIpc) is 3.89. The van der Waals surface area contributed by atoms with E-state index in [1.165, 1.54) is 154 Å². The number of benzene rings is 5. The Morgan fingerprint density at radius 2 is 1.11 bits per heavy atom. The fourth-order valence-corrected chi connectivity index (χ4v) is 10.8. The smallest absolute Gasteiger partial charge is 0.0355 e. The molecule has 0 saturated carbocycles. The molecule has 2 aliphatic carbocycles. The van der Waals surface area contributed by atoms with Crippen molar-refractivity contribution in [3.8, 4) is 0 Å². The summed E-state index contributed by atoms with van der Waals surface area (Å²) in [6, 6.07) is 32.9. The molecule has 2 heterocycles. The number of aryl methyl sites for hydroxylation is 1. The van der Waals surface area contributed by atoms with Crippen LogP contribution in [0.25, 0.3) is 70.7 Å². The molecule has 9 rings (SSSR count). The lowest BCUT2D eigenvalue weighted by atomic mass is 9.79. The predicted molar refractivity (Wildman–Crippen MR) is 252 cm³/mol. The monoisotopic (exact) mass is 764 g/mol. The van der Waals surface area contributed by atoms with Crippen molar-refractivity contribution in [3.05, 3.63) is 159 Å². The summed E-state index contributed by atoms with van der Waals surface area (Å²) in [7, 11) is 0. The Morgan fingerprint density at radius 1 is 0.500 bits per heavy atom. The minimum Gasteiger partial charge on any atom is -0.136 e. The summed E-state index contributed by atoms with van der Waals surface area (Å²) in [5, 5.41) is 10.5. The Bertz CT molecular complexity index is 2700. The zero-order chi connectivity index (χ0) is 38.1. The normalized spacial score (nSPS) is 17.0. The van der Waals surface area contributed by atoms with Gasteiger partial charge in [-0.05, 0) is 165 Å². The van der Waals surface area contributed by atoms with E-state index in [0.717, 1.165) is 0 Å². The second-order valence-electron chi connectivity index (χ2n) is 16.4. The molecule has 0 bridgehead atoms. The summed E-state index contributed by atoms with van der Waals surface area (Å²) in [4.78, 5) is 2.59. The van der Waals surface area contributed by atoms with E-state index in [4.69, 9.17) is 0 Å². The van der Waals surface area contributed by atoms with Gasteiger partial charge in [0.25, 0.3) is 0 Å². The fraction of sp³-hybridized carbons (Fsp3) is 0.259. The predicted octanol–water partition coefficient (Wildman–Crippen LogP) is 17.2. The van der Waals surface area contributed by atoms with Crippen LogP contribution in [0.4, 0.5) is 0 Å². The van der Waals surface area contributed by atoms with Crippen LogP contribution in [0.1, 0.15) is 99.4 Å². The molecule has 280 valence electrons. The second-order valence-corrected chi connectivity index (χ2v) is 18.7. The molecule has 0 nitrogen and oxygen atoms in total. The maximum absolute atomic E-state index is 2.50. The van der Waals surface area contributed by atoms with Crippen LogP contribution in [0.5, 0.6) is 0 Å². The van der Waals surface area contributed by atoms with Crippen LogP contribution in [0, 0.1) is 5.41 Å². The highest BCUT2D eigenvalue weighted by Crippen LogP contribution is 2.44. The van der Waals surface area contributed by atoms with Gasteiger partial charge in [0.05, 0.1) is 0 Å². The molecule has 0 fully saturated rings. The number of hydrogen-bond donors (Lipinski definition) is 0. The first-order valence-electron chi connectivity index (χ1n) is 21.0. The van der Waals surface area contributed by atoms with Crippen LogP contribution in [0.3, 0.4) is 0 Å². The van der Waals surface area contributed by atoms with Crippen LogP contribution < -0.4 is 0 Å². The number of unbranched alkanes of at least 4 members (excludes halogenated alkanes) is 6. The highest BCUT2D eigenvalue weighted by Gasteiger charge is 2.29. The van der Waals surface area contributed by atoms with E-state index >= 15 is 0 Å². The van der Waals surface area contributed by atoms with E-state index < -0.39 is 0 Å². The van der Waals surface area contributed by atoms with E-state index in [2.05, 4.69) is 160 Å². The molecular weight excluding hydrogens is 713 g/mol. The van der Waals surface area contributed by atoms with Crippen molar-refractivity contribution in [2.24, 2.45) is 5.41 Å². The van der Waals surface area contributed by atoms with Crippen LogP contribution in [-0.2, 0) is 6.42 Å². The lowest BCUT2D eigenvalue weighted by Crippen LogP contribution is -2.12. The molecule has 0 radical (unpaired) electrons. The first-order chi connectivity index (χ1) is 27.4. The molecule has 5 aromatic carbocycles. The van der Waals surface area contributed by atoms with Gasteiger partial charge in [-0.1, -0.05) is 131 Å². The van der Waals surface area contributed by atoms with E-state index in [1.807, 2.05) is 22.7 Å². The van der Waals surface area contributed by atoms with Crippen molar-refractivity contribution >= 4 is 93.4 Å². The summed E-state index contributed by atoms with van der Waals surface area (Å²) in [6.45, 7) is 6.92. The molecule has 1 atom stereocenters. The van der Waals surface area contributed by atoms with Gasteiger partial charge in [0.2, 0.25) is 0 Å². The summed E-state index contributed by atoms with van der Waals surface area (Å²) >= 11 is 3.76. The Labute approximate surface area is 341 Å². The summed E-state index contributed by atoms with van der Waals surface area (Å²) in [6.07, 6.45) is 34.0. The van der Waals surface area contributed by atoms with Crippen LogP contribution in [-0.4, -0.2) is 0 Å². The standard InChI is InChI=1S/C54H52S2/c1-4-6-8-10-12-37-14-19-42-25-38(15-20-41(42)24-37)17-22-50-31-47-29-43-27-44-30-48-32-51(56-53(48)34-46(44)28-45(43)33-52(47)55-50)23-18-39-16-21-49-26-40(13-11-9-7-5-2)36-54(49,3)35-39/h14-36H,4-13H2,1-3H3/b22-17+,23-18+. The van der Waals surface area contributed by atoms with E-state index in [0.29, 0.717) is 0 Å². The first kappa shape index (κ1) is 36.9. The van der Waals surface area contributed by atoms with Crippen molar-refractivity contribution in [3.63, 3.8) is 0 Å². The maximum Gasteiger partial charge on any atom is 0.0355 e. The Hall–Kier alpha value is -4.76. The number of hydrogen-bond acceptors (Lipinski definition) is 2. The highest BCUT2D eigenvalue weighted by molar-refractivity contribution is 7.20. The lowest BCUT2D eigenvalue weighted by molar-refractivity contribution is 0.660. The third kappa shape index (κ3) is 7.93. The minimum atomic E-state index is 0.0110. The van der Waals surface area contributed by atoms with E-state index in [-0.39, 0.29) is 5.41 Å². The van der Waals surface area contributed by atoms with Gasteiger partial charge >= 0.3 is 0 Å². The zero-order valence-corrected chi connectivity index (χ0v) is 34.8. The second kappa shape index (κ2) is 16.0. The Balaban J connectivity index is 0.905. The number of rotatable bonds is 14. The highest BCUT2D eigenvalue weighted by atomic mass is 32.1. The minimum absolute atomic E-state index is 0.0110. The molecule has 2 aliphatic rings. The molecule has 0 N–H and O–H groups in total. The SMILES string of the molecule is CCCCCCC1=CC2(C)C=C(/C=C/c3cc4cc5cc6cc7cc(/C=C/c8ccc9cc(CCCCCC)ccc9c8)sc7cc6cc5cc4s3)C=CC2=C1. The van der Waals surface area contributed by atoms with Crippen molar-refractivity contribution in [2.45, 2.75) is 85.0 Å². The largest absolute Gasteiger partial charge is 0.136 e. The van der Waals surface area contributed by atoms with Gasteiger partial charge in [0.15, 0.2) is 0 Å². The number of allylic oxidation sites excluding steroid dienone is 9. The summed E-state index contributed by atoms with van der Waals surface area (Å²) < 4.78 is 2.68. The topological polar surface area (TPSA) is 0 Å². The Kier molecular flexibility index (Phi) is 10.5. The molecule has 7 aromatic rings. The fourth-order valence-electron chi connectivity index (χ4n) is 8.77. The van der Waals surface area contributed by atoms with Crippen molar-refractivity contribution in [2.75, 3.05) is 0 Å². The van der Waals surface area contributed by atoms with Crippen molar-refractivity contribution in [1.29, 1.82) is 0 Å². The molecule has 1 unspecified atom stereocenters. The van der Waals surface area contributed by atoms with Crippen LogP contribution in [0.2, 0.25) is 0 Å². The molecule has 2 heteroatoms. The van der Waals surface area contributed by atoms with Crippen LogP contribution >= 0.6 is 22.7 Å². The van der Waals surface area contributed by atoms with Crippen LogP contribution in [0.15, 0.2) is 138 Å². The molecular formula is C54H52S2. The van der Waals surface area contributed by atoms with Gasteiger partial charge in [-0.25, -0.2) is 0 Å². The van der Waals surface area contributed by atoms with Gasteiger partial charge in [0, 0.05) is 24.6 Å². The van der Waals surface area contributed by atoms with Gasteiger partial charge < -0.3 is 0 Å². The maximum atomic E-state index is 2.50. The van der Waals surface area contributed by atoms with E-state index in [9.17, 15) is 0 Å². The number of thiophene rings is 2. The van der Waals surface area contributed by atoms with E-state index in [1.54, 1.807) is 0 Å². The summed E-state index contributed by atoms with van der Waals surface area (Å²) in [5.41, 5.74) is 6.94. The van der Waals surface area contributed by atoms with Gasteiger partial charge in [-0.3, -0.25) is 0 Å². The summed E-state index contributed by atoms with van der Waals surface area (Å²) in [5.74, 6) is 0. The molecule has 0 aliphatic heterocycles. The quantitative estimate of drug-likeness (QED) is 0.0764.